The molecule has 0 saturated heterocycles. The molecule has 0 unspecified atom stereocenters. The van der Waals surface area contributed by atoms with E-state index in [0.29, 0.717) is 17.8 Å². The topological polar surface area (TPSA) is 118 Å². The first kappa shape index (κ1) is 24.5. The molecule has 0 aliphatic carbocycles. The summed E-state index contributed by atoms with van der Waals surface area (Å²) in [4.78, 5) is 36.8. The standard InChI is InChI=1S/C19H13ClF2N4O4.Na/c1-26(10-4-2-9(3-5-10)19(29)30)18(28)15-8-16(25-24-15)23-17(27)11-6-13(21)14(22)7-12(11)20;/h2-8H,1H3,(H,29,30)(H2,23,24,25,27);/q;+1/p-1. The second-order valence-corrected chi connectivity index (χ2v) is 6.47. The minimum atomic E-state index is -1.34. The maximum Gasteiger partial charge on any atom is 1.00 e. The number of aromatic nitrogens is 2. The Bertz CT molecular complexity index is 1150. The van der Waals surface area contributed by atoms with Crippen LogP contribution in [0.2, 0.25) is 5.02 Å². The van der Waals surface area contributed by atoms with Gasteiger partial charge in [-0.15, -0.1) is 0 Å². The number of rotatable bonds is 5. The zero-order valence-electron chi connectivity index (χ0n) is 16.2. The van der Waals surface area contributed by atoms with Gasteiger partial charge >= 0.3 is 29.6 Å². The van der Waals surface area contributed by atoms with Crippen LogP contribution in [0.15, 0.2) is 42.5 Å². The van der Waals surface area contributed by atoms with Crippen molar-refractivity contribution in [3.05, 3.63) is 75.9 Å². The van der Waals surface area contributed by atoms with Crippen LogP contribution in [0.4, 0.5) is 20.3 Å². The molecule has 0 spiro atoms. The number of aromatic carboxylic acids is 1. The fraction of sp³-hybridized carbons (Fsp3) is 0.0526. The monoisotopic (exact) mass is 456 g/mol. The van der Waals surface area contributed by atoms with Gasteiger partial charge in [-0.2, -0.15) is 5.10 Å². The quantitative estimate of drug-likeness (QED) is 0.386. The molecule has 1 aromatic heterocycles. The van der Waals surface area contributed by atoms with Crippen LogP contribution in [0.1, 0.15) is 31.2 Å². The Hall–Kier alpha value is -2.79. The number of hydrogen-bond donors (Lipinski definition) is 2. The van der Waals surface area contributed by atoms with Gasteiger partial charge in [-0.25, -0.2) is 8.78 Å². The molecule has 0 aliphatic heterocycles. The van der Waals surface area contributed by atoms with E-state index in [-0.39, 0.29) is 57.2 Å². The summed E-state index contributed by atoms with van der Waals surface area (Å²) in [5.74, 6) is -5.21. The number of hydrogen-bond acceptors (Lipinski definition) is 5. The van der Waals surface area contributed by atoms with E-state index in [1.165, 1.54) is 42.3 Å². The molecule has 0 bridgehead atoms. The van der Waals surface area contributed by atoms with Gasteiger partial charge in [-0.1, -0.05) is 23.7 Å². The average molecular weight is 457 g/mol. The first-order valence-corrected chi connectivity index (χ1v) is 8.66. The maximum absolute atomic E-state index is 13.4. The fourth-order valence-electron chi connectivity index (χ4n) is 2.49. The Morgan fingerprint density at radius 1 is 1.10 bits per heavy atom. The molecule has 12 heteroatoms. The van der Waals surface area contributed by atoms with Crippen LogP contribution < -0.4 is 44.9 Å². The van der Waals surface area contributed by atoms with Crippen molar-refractivity contribution < 1.29 is 57.8 Å². The summed E-state index contributed by atoms with van der Waals surface area (Å²) in [6.45, 7) is 0. The van der Waals surface area contributed by atoms with Crippen LogP contribution in [-0.4, -0.2) is 35.0 Å². The minimum absolute atomic E-state index is 0. The number of carboxylic acids is 1. The molecule has 0 aliphatic rings. The van der Waals surface area contributed by atoms with E-state index >= 15 is 0 Å². The molecule has 0 saturated carbocycles. The number of carbonyl (C=O) groups is 3. The third-order valence-corrected chi connectivity index (χ3v) is 4.41. The van der Waals surface area contributed by atoms with E-state index < -0.39 is 29.4 Å². The van der Waals surface area contributed by atoms with Crippen LogP contribution in [-0.2, 0) is 0 Å². The number of halogens is 3. The molecule has 2 amide bonds. The number of nitrogens with zero attached hydrogens (tertiary/aromatic N) is 2. The maximum atomic E-state index is 13.4. The molecule has 2 aromatic carbocycles. The van der Waals surface area contributed by atoms with Crippen molar-refractivity contribution >= 4 is 40.9 Å². The van der Waals surface area contributed by atoms with Gasteiger partial charge in [-0.05, 0) is 29.8 Å². The van der Waals surface area contributed by atoms with Crippen LogP contribution in [0.5, 0.6) is 0 Å². The number of anilines is 2. The van der Waals surface area contributed by atoms with E-state index in [9.17, 15) is 28.3 Å². The number of aromatic amines is 1. The molecule has 0 fully saturated rings. The summed E-state index contributed by atoms with van der Waals surface area (Å²) in [5, 5.41) is 19.1. The molecular weight excluding hydrogens is 445 g/mol. The average Bonchev–Trinajstić information content (AvgIpc) is 3.18. The first-order chi connectivity index (χ1) is 14.2. The van der Waals surface area contributed by atoms with Crippen molar-refractivity contribution in [3.63, 3.8) is 0 Å². The van der Waals surface area contributed by atoms with Crippen molar-refractivity contribution in [2.75, 3.05) is 17.3 Å². The zero-order chi connectivity index (χ0) is 22.0. The Balaban J connectivity index is 0.00000341. The summed E-state index contributed by atoms with van der Waals surface area (Å²) in [5.41, 5.74) is 0.0607. The van der Waals surface area contributed by atoms with Crippen molar-refractivity contribution in [3.8, 4) is 0 Å². The molecule has 0 atom stereocenters. The molecule has 1 heterocycles. The second kappa shape index (κ2) is 10.0. The van der Waals surface area contributed by atoms with E-state index in [1.54, 1.807) is 0 Å². The summed E-state index contributed by atoms with van der Waals surface area (Å²) < 4.78 is 26.5. The van der Waals surface area contributed by atoms with Crippen LogP contribution in [0.25, 0.3) is 0 Å². The molecule has 8 nitrogen and oxygen atoms in total. The number of carbonyl (C=O) groups excluding carboxylic acids is 3. The van der Waals surface area contributed by atoms with Gasteiger partial charge < -0.3 is 20.1 Å². The van der Waals surface area contributed by atoms with Gasteiger partial charge in [0.25, 0.3) is 11.8 Å². The van der Waals surface area contributed by atoms with Gasteiger partial charge in [-0.3, -0.25) is 14.7 Å². The summed E-state index contributed by atoms with van der Waals surface area (Å²) in [6, 6.07) is 7.99. The molecule has 2 N–H and O–H groups in total. The Labute approximate surface area is 201 Å². The molecule has 154 valence electrons. The van der Waals surface area contributed by atoms with Crippen LogP contribution in [0, 0.1) is 11.6 Å². The third kappa shape index (κ3) is 5.47. The van der Waals surface area contributed by atoms with E-state index in [2.05, 4.69) is 15.5 Å². The Kier molecular flexibility index (Phi) is 7.91. The Morgan fingerprint density at radius 3 is 2.32 bits per heavy atom. The molecule has 0 radical (unpaired) electrons. The molecule has 3 rings (SSSR count). The number of carboxylic acid groups (broad SMARTS) is 1. The van der Waals surface area contributed by atoms with E-state index in [1.807, 2.05) is 0 Å². The van der Waals surface area contributed by atoms with Crippen molar-refractivity contribution in [1.82, 2.24) is 10.2 Å². The number of benzene rings is 2. The van der Waals surface area contributed by atoms with Crippen molar-refractivity contribution in [2.24, 2.45) is 0 Å². The first-order valence-electron chi connectivity index (χ1n) is 8.28. The summed E-state index contributed by atoms with van der Waals surface area (Å²) in [7, 11) is 1.45. The summed E-state index contributed by atoms with van der Waals surface area (Å²) in [6.07, 6.45) is 0. The van der Waals surface area contributed by atoms with Gasteiger partial charge in [0, 0.05) is 18.8 Å². The van der Waals surface area contributed by atoms with Crippen LogP contribution >= 0.6 is 11.6 Å². The summed E-state index contributed by atoms with van der Waals surface area (Å²) >= 11 is 5.76. The SMILES string of the molecule is CN(C(=O)c1cc(NC(=O)c2cc(F)c(F)cc2Cl)n[nH]1)c1ccc(C(=O)[O-])cc1.[Na+]. The molecule has 31 heavy (non-hydrogen) atoms. The predicted molar refractivity (Wildman–Crippen MR) is 101 cm³/mol. The van der Waals surface area contributed by atoms with Crippen molar-refractivity contribution in [1.29, 1.82) is 0 Å². The van der Waals surface area contributed by atoms with Crippen LogP contribution in [0.3, 0.4) is 0 Å². The molecular formula is C19H12ClF2N4NaO4. The van der Waals surface area contributed by atoms with Gasteiger partial charge in [0.2, 0.25) is 0 Å². The number of amides is 2. The molecule has 3 aromatic rings. The fourth-order valence-corrected chi connectivity index (χ4v) is 2.73. The smallest absolute Gasteiger partial charge is 0.545 e. The van der Waals surface area contributed by atoms with Crippen molar-refractivity contribution in [2.45, 2.75) is 0 Å². The third-order valence-electron chi connectivity index (χ3n) is 4.10. The number of H-pyrrole nitrogens is 1. The second-order valence-electron chi connectivity index (χ2n) is 6.07. The van der Waals surface area contributed by atoms with E-state index in [0.717, 1.165) is 0 Å². The normalized spacial score (nSPS) is 10.2. The Morgan fingerprint density at radius 2 is 1.71 bits per heavy atom. The number of nitrogens with one attached hydrogen (secondary N) is 2. The van der Waals surface area contributed by atoms with Gasteiger partial charge in [0.15, 0.2) is 17.5 Å². The minimum Gasteiger partial charge on any atom is -0.545 e. The largest absolute Gasteiger partial charge is 1.00 e. The zero-order valence-corrected chi connectivity index (χ0v) is 19.0. The van der Waals surface area contributed by atoms with Gasteiger partial charge in [0.05, 0.1) is 16.6 Å². The van der Waals surface area contributed by atoms with E-state index in [4.69, 9.17) is 11.6 Å². The van der Waals surface area contributed by atoms with Gasteiger partial charge in [0.1, 0.15) is 5.69 Å². The predicted octanol–water partition coefficient (Wildman–Crippen LogP) is -0.762.